The number of aryl methyl sites for hydroxylation is 2. The lowest BCUT2D eigenvalue weighted by atomic mass is 10.1. The van der Waals surface area contributed by atoms with Crippen LogP contribution in [-0.2, 0) is 17.6 Å². The molecule has 19 heavy (non-hydrogen) atoms. The van der Waals surface area contributed by atoms with E-state index in [0.29, 0.717) is 13.0 Å². The van der Waals surface area contributed by atoms with Crippen LogP contribution in [0.5, 0.6) is 0 Å². The molecule has 0 aliphatic carbocycles. The van der Waals surface area contributed by atoms with E-state index in [0.717, 1.165) is 22.7 Å². The van der Waals surface area contributed by atoms with Crippen molar-refractivity contribution in [2.75, 3.05) is 6.54 Å². The molecule has 0 spiro atoms. The second-order valence-corrected chi connectivity index (χ2v) is 5.80. The first kappa shape index (κ1) is 13.7. The fourth-order valence-corrected chi connectivity index (χ4v) is 2.73. The third-order valence-electron chi connectivity index (χ3n) is 2.94. The van der Waals surface area contributed by atoms with Gasteiger partial charge in [0.25, 0.3) is 0 Å². The maximum absolute atomic E-state index is 11.7. The van der Waals surface area contributed by atoms with Gasteiger partial charge >= 0.3 is 0 Å². The summed E-state index contributed by atoms with van der Waals surface area (Å²) in [4.78, 5) is 17.5. The average Bonchev–Trinajstić information content (AvgIpc) is 2.70. The van der Waals surface area contributed by atoms with Crippen LogP contribution in [-0.4, -0.2) is 17.4 Å². The summed E-state index contributed by atoms with van der Waals surface area (Å²) in [6.45, 7) is 4.74. The lowest BCUT2D eigenvalue weighted by molar-refractivity contribution is -0.120. The second kappa shape index (κ2) is 6.48. The summed E-state index contributed by atoms with van der Waals surface area (Å²) in [5.74, 6) is 0.0659. The van der Waals surface area contributed by atoms with E-state index in [9.17, 15) is 4.79 Å². The monoisotopic (exact) mass is 274 g/mol. The van der Waals surface area contributed by atoms with Crippen molar-refractivity contribution in [2.45, 2.75) is 26.7 Å². The summed E-state index contributed by atoms with van der Waals surface area (Å²) in [6.07, 6.45) is 1.25. The Morgan fingerprint density at radius 3 is 2.63 bits per heavy atom. The molecule has 0 aliphatic rings. The number of aromatic nitrogens is 1. The third-order valence-corrected chi connectivity index (χ3v) is 4.07. The van der Waals surface area contributed by atoms with Gasteiger partial charge in [-0.05, 0) is 19.4 Å². The van der Waals surface area contributed by atoms with E-state index in [2.05, 4.69) is 17.2 Å². The molecule has 1 heterocycles. The number of rotatable bonds is 5. The molecule has 2 aromatic rings. The van der Waals surface area contributed by atoms with Gasteiger partial charge in [-0.1, -0.05) is 30.3 Å². The molecular formula is C15H18N2OS. The summed E-state index contributed by atoms with van der Waals surface area (Å²) < 4.78 is 0. The molecule has 1 amide bonds. The molecule has 0 saturated heterocycles. The topological polar surface area (TPSA) is 42.0 Å². The molecule has 0 unspecified atom stereocenters. The first-order valence-electron chi connectivity index (χ1n) is 6.38. The van der Waals surface area contributed by atoms with E-state index >= 15 is 0 Å². The van der Waals surface area contributed by atoms with E-state index in [1.54, 1.807) is 11.3 Å². The maximum atomic E-state index is 11.7. The summed E-state index contributed by atoms with van der Waals surface area (Å²) in [6, 6.07) is 9.78. The van der Waals surface area contributed by atoms with Crippen LogP contribution in [0, 0.1) is 13.8 Å². The Kier molecular flexibility index (Phi) is 4.68. The molecule has 0 bridgehead atoms. The number of hydrogen-bond donors (Lipinski definition) is 1. The largest absolute Gasteiger partial charge is 0.355 e. The molecule has 1 aromatic carbocycles. The minimum atomic E-state index is 0.0659. The molecule has 100 valence electrons. The highest BCUT2D eigenvalue weighted by atomic mass is 32.1. The second-order valence-electron chi connectivity index (χ2n) is 4.51. The predicted molar refractivity (Wildman–Crippen MR) is 78.4 cm³/mol. The van der Waals surface area contributed by atoms with Gasteiger partial charge in [0.15, 0.2) is 0 Å². The van der Waals surface area contributed by atoms with Crippen LogP contribution >= 0.6 is 11.3 Å². The summed E-state index contributed by atoms with van der Waals surface area (Å²) >= 11 is 1.71. The minimum Gasteiger partial charge on any atom is -0.355 e. The number of amides is 1. The Hall–Kier alpha value is -1.68. The van der Waals surface area contributed by atoms with Gasteiger partial charge in [-0.2, -0.15) is 0 Å². The van der Waals surface area contributed by atoms with E-state index in [1.165, 1.54) is 4.88 Å². The Labute approximate surface area is 117 Å². The number of carbonyl (C=O) groups excluding carboxylic acids is 1. The molecule has 0 atom stereocenters. The predicted octanol–water partition coefficient (Wildman–Crippen LogP) is 2.66. The van der Waals surface area contributed by atoms with Gasteiger partial charge in [-0.15, -0.1) is 11.3 Å². The van der Waals surface area contributed by atoms with Crippen molar-refractivity contribution >= 4 is 17.2 Å². The van der Waals surface area contributed by atoms with E-state index in [4.69, 9.17) is 0 Å². The smallest absolute Gasteiger partial charge is 0.224 e. The van der Waals surface area contributed by atoms with Crippen molar-refractivity contribution < 1.29 is 4.79 Å². The fourth-order valence-electron chi connectivity index (χ4n) is 1.80. The lowest BCUT2D eigenvalue weighted by Gasteiger charge is -2.03. The van der Waals surface area contributed by atoms with Gasteiger partial charge in [-0.25, -0.2) is 4.98 Å². The van der Waals surface area contributed by atoms with Crippen molar-refractivity contribution in [3.8, 4) is 0 Å². The van der Waals surface area contributed by atoms with Crippen LogP contribution in [0.25, 0.3) is 0 Å². The Morgan fingerprint density at radius 1 is 1.26 bits per heavy atom. The highest BCUT2D eigenvalue weighted by Crippen LogP contribution is 2.16. The van der Waals surface area contributed by atoms with Gasteiger partial charge < -0.3 is 5.32 Å². The van der Waals surface area contributed by atoms with Crippen LogP contribution in [0.3, 0.4) is 0 Å². The van der Waals surface area contributed by atoms with Crippen molar-refractivity contribution in [1.82, 2.24) is 10.3 Å². The molecule has 0 fully saturated rings. The van der Waals surface area contributed by atoms with Crippen molar-refractivity contribution in [3.05, 3.63) is 51.5 Å². The number of carbonyl (C=O) groups is 1. The average molecular weight is 274 g/mol. The molecule has 4 heteroatoms. The lowest BCUT2D eigenvalue weighted by Crippen LogP contribution is -2.27. The van der Waals surface area contributed by atoms with Crippen LogP contribution in [0.2, 0.25) is 0 Å². The fraction of sp³-hybridized carbons (Fsp3) is 0.333. The molecule has 0 radical (unpaired) electrons. The number of nitrogens with zero attached hydrogens (tertiary/aromatic N) is 1. The van der Waals surface area contributed by atoms with Crippen molar-refractivity contribution in [2.24, 2.45) is 0 Å². The standard InChI is InChI=1S/C15H18N2OS/c1-11-12(2)19-15(17-11)8-9-16-14(18)10-13-6-4-3-5-7-13/h3-7H,8-10H2,1-2H3,(H,16,18). The number of thiazole rings is 1. The van der Waals surface area contributed by atoms with E-state index in [-0.39, 0.29) is 5.91 Å². The maximum Gasteiger partial charge on any atom is 0.224 e. The zero-order valence-electron chi connectivity index (χ0n) is 11.3. The third kappa shape index (κ3) is 4.17. The Bertz CT molecular complexity index is 529. The summed E-state index contributed by atoms with van der Waals surface area (Å²) in [7, 11) is 0. The zero-order chi connectivity index (χ0) is 13.7. The van der Waals surface area contributed by atoms with E-state index in [1.807, 2.05) is 37.3 Å². The van der Waals surface area contributed by atoms with Gasteiger partial charge in [0.1, 0.15) is 0 Å². The van der Waals surface area contributed by atoms with Crippen LogP contribution in [0.1, 0.15) is 21.1 Å². The molecule has 2 rings (SSSR count). The first-order chi connectivity index (χ1) is 9.15. The zero-order valence-corrected chi connectivity index (χ0v) is 12.1. The molecule has 3 nitrogen and oxygen atoms in total. The highest BCUT2D eigenvalue weighted by Gasteiger charge is 2.05. The molecule has 1 aromatic heterocycles. The Morgan fingerprint density at radius 2 is 2.00 bits per heavy atom. The number of hydrogen-bond acceptors (Lipinski definition) is 3. The van der Waals surface area contributed by atoms with E-state index < -0.39 is 0 Å². The molecular weight excluding hydrogens is 256 g/mol. The molecule has 1 N–H and O–H groups in total. The number of nitrogens with one attached hydrogen (secondary N) is 1. The Balaban J connectivity index is 1.75. The van der Waals surface area contributed by atoms with Crippen LogP contribution < -0.4 is 5.32 Å². The minimum absolute atomic E-state index is 0.0659. The first-order valence-corrected chi connectivity index (χ1v) is 7.20. The van der Waals surface area contributed by atoms with Gasteiger partial charge in [0, 0.05) is 17.8 Å². The molecule has 0 aliphatic heterocycles. The normalized spacial score (nSPS) is 10.4. The van der Waals surface area contributed by atoms with Gasteiger partial charge in [-0.3, -0.25) is 4.79 Å². The summed E-state index contributed by atoms with van der Waals surface area (Å²) in [5.41, 5.74) is 2.14. The summed E-state index contributed by atoms with van der Waals surface area (Å²) in [5, 5.41) is 4.03. The highest BCUT2D eigenvalue weighted by molar-refractivity contribution is 7.11. The van der Waals surface area contributed by atoms with Crippen molar-refractivity contribution in [1.29, 1.82) is 0 Å². The molecule has 0 saturated carbocycles. The quantitative estimate of drug-likeness (QED) is 0.910. The van der Waals surface area contributed by atoms with Crippen molar-refractivity contribution in [3.63, 3.8) is 0 Å². The van der Waals surface area contributed by atoms with Crippen LogP contribution in [0.15, 0.2) is 30.3 Å². The van der Waals surface area contributed by atoms with Gasteiger partial charge in [0.05, 0.1) is 17.1 Å². The SMILES string of the molecule is Cc1nc(CCNC(=O)Cc2ccccc2)sc1C. The number of benzene rings is 1. The van der Waals surface area contributed by atoms with Gasteiger partial charge in [0.2, 0.25) is 5.91 Å². The van der Waals surface area contributed by atoms with Crippen LogP contribution in [0.4, 0.5) is 0 Å².